The van der Waals surface area contributed by atoms with Gasteiger partial charge in [-0.25, -0.2) is 0 Å². The van der Waals surface area contributed by atoms with Gasteiger partial charge in [0.15, 0.2) is 0 Å². The largest absolute Gasteiger partial charge is 0.345 e. The first kappa shape index (κ1) is 19.6. The highest BCUT2D eigenvalue weighted by Gasteiger charge is 2.12. The van der Waals surface area contributed by atoms with E-state index >= 15 is 0 Å². The Morgan fingerprint density at radius 1 is 0.833 bits per heavy atom. The Labute approximate surface area is 115 Å². The van der Waals surface area contributed by atoms with Crippen LogP contribution in [0.4, 0.5) is 0 Å². The molecule has 18 heavy (non-hydrogen) atoms. The third-order valence-electron chi connectivity index (χ3n) is 3.13. The molecule has 3 heteroatoms. The van der Waals surface area contributed by atoms with Crippen molar-refractivity contribution in [3.63, 3.8) is 0 Å². The molecule has 0 rings (SSSR count). The van der Waals surface area contributed by atoms with Gasteiger partial charge in [0, 0.05) is 0 Å². The van der Waals surface area contributed by atoms with Gasteiger partial charge < -0.3 is 0 Å². The summed E-state index contributed by atoms with van der Waals surface area (Å²) in [5.74, 6) is 0.907. The van der Waals surface area contributed by atoms with Crippen LogP contribution in [0.3, 0.4) is 0 Å². The Balaban J connectivity index is 0. The fourth-order valence-electron chi connectivity index (χ4n) is 1.80. The molecule has 0 aliphatic carbocycles. The topological polar surface area (TPSA) is 32.3 Å². The zero-order valence-corrected chi connectivity index (χ0v) is 13.6. The summed E-state index contributed by atoms with van der Waals surface area (Å²) in [7, 11) is 0. The van der Waals surface area contributed by atoms with Gasteiger partial charge in [0.05, 0.1) is 26.2 Å². The van der Waals surface area contributed by atoms with Gasteiger partial charge in [0.1, 0.15) is 0 Å². The number of hydrogen-bond donors (Lipinski definition) is 1. The van der Waals surface area contributed by atoms with Crippen LogP contribution in [0.1, 0.15) is 67.2 Å². The quantitative estimate of drug-likeness (QED) is 0.329. The van der Waals surface area contributed by atoms with E-state index in [2.05, 4.69) is 51.0 Å². The number of nitrogens with two attached hydrogens (primary N) is 1. The fourth-order valence-corrected chi connectivity index (χ4v) is 1.80. The molecular formula is C15H36N3+. The van der Waals surface area contributed by atoms with E-state index in [0.29, 0.717) is 0 Å². The zero-order chi connectivity index (χ0) is 14.4. The van der Waals surface area contributed by atoms with E-state index in [-0.39, 0.29) is 0 Å². The number of nitrogens with zero attached hydrogens (tertiary/aromatic N) is 2. The van der Waals surface area contributed by atoms with Gasteiger partial charge in [-0.05, 0) is 27.7 Å². The van der Waals surface area contributed by atoms with E-state index < -0.39 is 0 Å². The van der Waals surface area contributed by atoms with E-state index in [1.807, 2.05) is 0 Å². The average Bonchev–Trinajstić information content (AvgIpc) is 2.40. The molecule has 0 aromatic carbocycles. The van der Waals surface area contributed by atoms with Crippen LogP contribution in [0.5, 0.6) is 0 Å². The van der Waals surface area contributed by atoms with Crippen molar-refractivity contribution in [1.29, 1.82) is 0 Å². The minimum absolute atomic E-state index is 0.907. The maximum atomic E-state index is 5.97. The lowest BCUT2D eigenvalue weighted by Crippen LogP contribution is -2.44. The summed E-state index contributed by atoms with van der Waals surface area (Å²) in [4.78, 5) is 2.17. The molecule has 0 amide bonds. The Kier molecular flexibility index (Phi) is 15.6. The first-order chi connectivity index (χ1) is 8.62. The van der Waals surface area contributed by atoms with Crippen molar-refractivity contribution in [1.82, 2.24) is 4.90 Å². The van der Waals surface area contributed by atoms with Gasteiger partial charge in [-0.15, -0.1) is 0 Å². The van der Waals surface area contributed by atoms with Crippen molar-refractivity contribution in [2.75, 3.05) is 26.2 Å². The van der Waals surface area contributed by atoms with Crippen LogP contribution in [0.25, 0.3) is 0 Å². The third kappa shape index (κ3) is 9.32. The highest BCUT2D eigenvalue weighted by Crippen LogP contribution is 1.95. The first-order valence-corrected chi connectivity index (χ1v) is 7.74. The van der Waals surface area contributed by atoms with Crippen LogP contribution < -0.4 is 5.73 Å². The lowest BCUT2D eigenvalue weighted by Gasteiger charge is -2.16. The summed E-state index contributed by atoms with van der Waals surface area (Å²) < 4.78 is 2.17. The average molecular weight is 258 g/mol. The molecule has 3 nitrogen and oxygen atoms in total. The Hall–Kier alpha value is -0.730. The van der Waals surface area contributed by atoms with Crippen molar-refractivity contribution < 1.29 is 4.58 Å². The van der Waals surface area contributed by atoms with E-state index in [1.165, 1.54) is 25.7 Å². The van der Waals surface area contributed by atoms with Crippen LogP contribution in [-0.4, -0.2) is 41.6 Å². The lowest BCUT2D eigenvalue weighted by atomic mass is 10.2. The van der Waals surface area contributed by atoms with E-state index in [9.17, 15) is 0 Å². The van der Waals surface area contributed by atoms with Gasteiger partial charge in [0.25, 0.3) is 0 Å². The highest BCUT2D eigenvalue weighted by molar-refractivity contribution is 5.72. The summed E-state index contributed by atoms with van der Waals surface area (Å²) in [5.41, 5.74) is 5.97. The molecule has 0 spiro atoms. The zero-order valence-electron chi connectivity index (χ0n) is 13.6. The van der Waals surface area contributed by atoms with Gasteiger partial charge in [0.2, 0.25) is 0 Å². The molecule has 110 valence electrons. The van der Waals surface area contributed by atoms with Crippen LogP contribution in [0, 0.1) is 0 Å². The Bertz CT molecular complexity index is 186. The SMILES string of the molecule is CCCCCC.CCN(CC)C(N)=[N+](CC)CC. The summed E-state index contributed by atoms with van der Waals surface area (Å²) in [5, 5.41) is 0. The molecule has 0 saturated carbocycles. The van der Waals surface area contributed by atoms with Crippen LogP contribution in [0.15, 0.2) is 0 Å². The lowest BCUT2D eigenvalue weighted by molar-refractivity contribution is -0.526. The van der Waals surface area contributed by atoms with Crippen molar-refractivity contribution >= 4 is 5.96 Å². The molecule has 0 heterocycles. The molecule has 2 N–H and O–H groups in total. The monoisotopic (exact) mass is 258 g/mol. The maximum Gasteiger partial charge on any atom is 0.345 e. The molecule has 0 fully saturated rings. The van der Waals surface area contributed by atoms with Gasteiger partial charge >= 0.3 is 5.96 Å². The molecular weight excluding hydrogens is 222 g/mol. The van der Waals surface area contributed by atoms with Crippen LogP contribution in [-0.2, 0) is 0 Å². The molecule has 0 aromatic rings. The molecule has 0 aliphatic heterocycles. The Morgan fingerprint density at radius 2 is 1.22 bits per heavy atom. The minimum atomic E-state index is 0.907. The maximum absolute atomic E-state index is 5.97. The highest BCUT2D eigenvalue weighted by atomic mass is 15.3. The summed E-state index contributed by atoms with van der Waals surface area (Å²) in [6, 6.07) is 0. The second-order valence-electron chi connectivity index (χ2n) is 4.41. The number of unbranched alkanes of at least 4 members (excludes halogenated alkanes) is 3. The third-order valence-corrected chi connectivity index (χ3v) is 3.13. The number of rotatable bonds is 7. The normalized spacial score (nSPS) is 9.44. The van der Waals surface area contributed by atoms with E-state index in [0.717, 1.165) is 32.1 Å². The van der Waals surface area contributed by atoms with Gasteiger partial charge in [-0.3, -0.25) is 15.2 Å². The molecule has 0 unspecified atom stereocenters. The second-order valence-corrected chi connectivity index (χ2v) is 4.41. The van der Waals surface area contributed by atoms with Gasteiger partial charge in [-0.2, -0.15) is 0 Å². The minimum Gasteiger partial charge on any atom is -0.291 e. The van der Waals surface area contributed by atoms with Crippen molar-refractivity contribution in [2.45, 2.75) is 67.2 Å². The summed E-state index contributed by atoms with van der Waals surface area (Å²) >= 11 is 0. The second kappa shape index (κ2) is 14.3. The van der Waals surface area contributed by atoms with E-state index in [4.69, 9.17) is 5.73 Å². The summed E-state index contributed by atoms with van der Waals surface area (Å²) in [6.07, 6.45) is 5.54. The van der Waals surface area contributed by atoms with Crippen LogP contribution >= 0.6 is 0 Å². The van der Waals surface area contributed by atoms with Crippen molar-refractivity contribution in [3.8, 4) is 0 Å². The van der Waals surface area contributed by atoms with Crippen LogP contribution in [0.2, 0.25) is 0 Å². The molecule has 0 radical (unpaired) electrons. The van der Waals surface area contributed by atoms with E-state index in [1.54, 1.807) is 0 Å². The molecule has 0 aromatic heterocycles. The predicted octanol–water partition coefficient (Wildman–Crippen LogP) is 3.28. The van der Waals surface area contributed by atoms with Crippen molar-refractivity contribution in [2.24, 2.45) is 5.73 Å². The predicted molar refractivity (Wildman–Crippen MR) is 83.3 cm³/mol. The van der Waals surface area contributed by atoms with Crippen molar-refractivity contribution in [3.05, 3.63) is 0 Å². The molecule has 0 bridgehead atoms. The molecule has 0 aliphatic rings. The summed E-state index contributed by atoms with van der Waals surface area (Å²) in [6.45, 7) is 16.9. The smallest absolute Gasteiger partial charge is 0.291 e. The number of hydrogen-bond acceptors (Lipinski definition) is 0. The first-order valence-electron chi connectivity index (χ1n) is 7.74. The standard InChI is InChI=1S/C9H21N3.C6H14/c1-5-11(6-2)9(10)12(7-3)8-4;1-3-5-6-4-2/h10H,5-8H2,1-4H3;3-6H2,1-2H3/p+1. The fraction of sp³-hybridized carbons (Fsp3) is 0.933. The Morgan fingerprint density at radius 3 is 1.44 bits per heavy atom. The molecule has 0 saturated heterocycles. The molecule has 0 atom stereocenters. The van der Waals surface area contributed by atoms with Gasteiger partial charge in [-0.1, -0.05) is 39.5 Å². The number of guanidine groups is 1.